The molecule has 162 valence electrons. The highest BCUT2D eigenvalue weighted by Gasteiger charge is 2.20. The van der Waals surface area contributed by atoms with Crippen LogP contribution in [0, 0.1) is 19.8 Å². The lowest BCUT2D eigenvalue weighted by atomic mass is 10.1. The maximum Gasteiger partial charge on any atom is 0.338 e. The maximum absolute atomic E-state index is 12.8. The molecule has 0 aliphatic rings. The Labute approximate surface area is 177 Å². The molecule has 2 rings (SSSR count). The van der Waals surface area contributed by atoms with E-state index >= 15 is 0 Å². The number of sulfonamides is 1. The quantitative estimate of drug-likeness (QED) is 0.591. The molecule has 0 unspecified atom stereocenters. The van der Waals surface area contributed by atoms with Gasteiger partial charge in [0.1, 0.15) is 0 Å². The number of anilines is 1. The van der Waals surface area contributed by atoms with Gasteiger partial charge in [0, 0.05) is 12.2 Å². The van der Waals surface area contributed by atoms with Gasteiger partial charge in [0.2, 0.25) is 0 Å². The fraction of sp³-hybridized carbons (Fsp3) is 0.364. The van der Waals surface area contributed by atoms with E-state index in [9.17, 15) is 18.0 Å². The van der Waals surface area contributed by atoms with Crippen molar-refractivity contribution in [3.63, 3.8) is 0 Å². The molecule has 0 saturated carbocycles. The molecular formula is C22H28N2O5S. The fourth-order valence-electron chi connectivity index (χ4n) is 2.61. The first-order valence-corrected chi connectivity index (χ1v) is 11.2. The number of carbonyl (C=O) groups is 2. The molecule has 0 aromatic heterocycles. The second-order valence-electron chi connectivity index (χ2n) is 7.56. The average Bonchev–Trinajstić information content (AvgIpc) is 2.67. The van der Waals surface area contributed by atoms with Gasteiger partial charge in [-0.2, -0.15) is 0 Å². The number of rotatable bonds is 9. The van der Waals surface area contributed by atoms with Crippen LogP contribution < -0.4 is 10.0 Å². The third-order valence-corrected chi connectivity index (χ3v) is 5.92. The number of amides is 1. The van der Waals surface area contributed by atoms with Gasteiger partial charge in [0.25, 0.3) is 15.9 Å². The zero-order chi connectivity index (χ0) is 22.3. The summed E-state index contributed by atoms with van der Waals surface area (Å²) in [6.07, 6.45) is 0.826. The molecule has 0 fully saturated rings. The van der Waals surface area contributed by atoms with Gasteiger partial charge in [-0.15, -0.1) is 0 Å². The maximum atomic E-state index is 12.8. The summed E-state index contributed by atoms with van der Waals surface area (Å²) in [7, 11) is -3.90. The minimum atomic E-state index is -3.90. The van der Waals surface area contributed by atoms with Crippen molar-refractivity contribution in [3.05, 3.63) is 59.2 Å². The molecule has 30 heavy (non-hydrogen) atoms. The van der Waals surface area contributed by atoms with E-state index in [-0.39, 0.29) is 10.5 Å². The molecule has 0 radical (unpaired) electrons. The number of hydrogen-bond donors (Lipinski definition) is 2. The van der Waals surface area contributed by atoms with Crippen molar-refractivity contribution >= 4 is 27.6 Å². The largest absolute Gasteiger partial charge is 0.452 e. The van der Waals surface area contributed by atoms with Gasteiger partial charge in [-0.25, -0.2) is 13.2 Å². The van der Waals surface area contributed by atoms with E-state index < -0.39 is 28.5 Å². The Morgan fingerprint density at radius 3 is 2.33 bits per heavy atom. The van der Waals surface area contributed by atoms with E-state index in [0.717, 1.165) is 12.0 Å². The van der Waals surface area contributed by atoms with E-state index in [2.05, 4.69) is 10.0 Å². The average molecular weight is 433 g/mol. The molecule has 0 aliphatic heterocycles. The van der Waals surface area contributed by atoms with Crippen LogP contribution in [-0.2, 0) is 19.6 Å². The van der Waals surface area contributed by atoms with Crippen LogP contribution in [0.4, 0.5) is 5.69 Å². The minimum Gasteiger partial charge on any atom is -0.452 e. The van der Waals surface area contributed by atoms with Crippen LogP contribution in [0.3, 0.4) is 0 Å². The molecule has 1 amide bonds. The standard InChI is InChI=1S/C22H28N2O5S/c1-15(2)11-12-23-21(25)14-29-22(26)18-8-7-17(4)20(13-18)30(27,28)24-19-9-5-16(3)6-10-19/h5-10,13,15,24H,11-12,14H2,1-4H3,(H,23,25). The molecule has 0 aliphatic carbocycles. The van der Waals surface area contributed by atoms with Gasteiger partial charge in [-0.3, -0.25) is 9.52 Å². The van der Waals surface area contributed by atoms with E-state index in [1.165, 1.54) is 18.2 Å². The second kappa shape index (κ2) is 10.2. The van der Waals surface area contributed by atoms with Crippen LogP contribution >= 0.6 is 0 Å². The van der Waals surface area contributed by atoms with Crippen LogP contribution in [0.2, 0.25) is 0 Å². The van der Waals surface area contributed by atoms with Crippen LogP contribution in [0.5, 0.6) is 0 Å². The lowest BCUT2D eigenvalue weighted by Crippen LogP contribution is -2.30. The molecule has 2 N–H and O–H groups in total. The first-order chi connectivity index (χ1) is 14.1. The van der Waals surface area contributed by atoms with Gasteiger partial charge in [-0.05, 0) is 56.0 Å². The van der Waals surface area contributed by atoms with Gasteiger partial charge in [0.05, 0.1) is 10.5 Å². The van der Waals surface area contributed by atoms with Crippen LogP contribution in [0.1, 0.15) is 41.8 Å². The van der Waals surface area contributed by atoms with Crippen molar-refractivity contribution in [2.24, 2.45) is 5.92 Å². The predicted molar refractivity (Wildman–Crippen MR) is 116 cm³/mol. The molecule has 0 atom stereocenters. The second-order valence-corrected chi connectivity index (χ2v) is 9.21. The lowest BCUT2D eigenvalue weighted by Gasteiger charge is -2.12. The highest BCUT2D eigenvalue weighted by Crippen LogP contribution is 2.21. The highest BCUT2D eigenvalue weighted by molar-refractivity contribution is 7.92. The van der Waals surface area contributed by atoms with Gasteiger partial charge in [0.15, 0.2) is 6.61 Å². The third-order valence-electron chi connectivity index (χ3n) is 4.40. The van der Waals surface area contributed by atoms with Crippen LogP contribution in [0.25, 0.3) is 0 Å². The summed E-state index contributed by atoms with van der Waals surface area (Å²) in [5, 5.41) is 2.67. The van der Waals surface area contributed by atoms with Crippen molar-refractivity contribution in [3.8, 4) is 0 Å². The Morgan fingerprint density at radius 1 is 1.03 bits per heavy atom. The number of hydrogen-bond acceptors (Lipinski definition) is 5. The zero-order valence-corrected chi connectivity index (χ0v) is 18.5. The van der Waals surface area contributed by atoms with E-state index in [0.29, 0.717) is 23.7 Å². The molecule has 0 bridgehead atoms. The Balaban J connectivity index is 2.07. The summed E-state index contributed by atoms with van der Waals surface area (Å²) in [5.74, 6) is -0.708. The molecule has 0 heterocycles. The Morgan fingerprint density at radius 2 is 1.70 bits per heavy atom. The lowest BCUT2D eigenvalue weighted by molar-refractivity contribution is -0.124. The molecule has 2 aromatic carbocycles. The van der Waals surface area contributed by atoms with Gasteiger partial charge >= 0.3 is 5.97 Å². The molecular weight excluding hydrogens is 404 g/mol. The number of carbonyl (C=O) groups excluding carboxylic acids is 2. The summed E-state index contributed by atoms with van der Waals surface area (Å²) in [4.78, 5) is 24.0. The first-order valence-electron chi connectivity index (χ1n) is 9.72. The van der Waals surface area contributed by atoms with Crippen LogP contribution in [-0.4, -0.2) is 33.4 Å². The SMILES string of the molecule is Cc1ccc(NS(=O)(=O)c2cc(C(=O)OCC(=O)NCCC(C)C)ccc2C)cc1. The van der Waals surface area contributed by atoms with Crippen LogP contribution in [0.15, 0.2) is 47.4 Å². The topological polar surface area (TPSA) is 102 Å². The third kappa shape index (κ3) is 6.88. The summed E-state index contributed by atoms with van der Waals surface area (Å²) in [6, 6.07) is 11.2. The predicted octanol–water partition coefficient (Wildman–Crippen LogP) is 3.42. The molecule has 2 aromatic rings. The summed E-state index contributed by atoms with van der Waals surface area (Å²) in [6.45, 7) is 7.72. The van der Waals surface area contributed by atoms with Gasteiger partial charge < -0.3 is 10.1 Å². The number of ether oxygens (including phenoxy) is 1. The van der Waals surface area contributed by atoms with E-state index in [1.807, 2.05) is 20.8 Å². The van der Waals surface area contributed by atoms with Crippen molar-refractivity contribution in [2.75, 3.05) is 17.9 Å². The summed E-state index contributed by atoms with van der Waals surface area (Å²) in [5.41, 5.74) is 1.97. The van der Waals surface area contributed by atoms with E-state index in [4.69, 9.17) is 4.74 Å². The fourth-order valence-corrected chi connectivity index (χ4v) is 3.94. The Kier molecular flexibility index (Phi) is 8.00. The molecule has 8 heteroatoms. The number of nitrogens with one attached hydrogen (secondary N) is 2. The summed E-state index contributed by atoms with van der Waals surface area (Å²) < 4.78 is 33.1. The Bertz CT molecular complexity index is 999. The van der Waals surface area contributed by atoms with Crippen molar-refractivity contribution < 1.29 is 22.7 Å². The molecule has 0 spiro atoms. The Hall–Kier alpha value is -2.87. The zero-order valence-electron chi connectivity index (χ0n) is 17.7. The number of benzene rings is 2. The van der Waals surface area contributed by atoms with Crippen molar-refractivity contribution in [1.82, 2.24) is 5.32 Å². The number of aryl methyl sites for hydroxylation is 2. The number of esters is 1. The summed E-state index contributed by atoms with van der Waals surface area (Å²) >= 11 is 0. The highest BCUT2D eigenvalue weighted by atomic mass is 32.2. The first kappa shape index (κ1) is 23.4. The normalized spacial score (nSPS) is 11.2. The molecule has 7 nitrogen and oxygen atoms in total. The monoisotopic (exact) mass is 432 g/mol. The minimum absolute atomic E-state index is 0.0288. The van der Waals surface area contributed by atoms with Crippen molar-refractivity contribution in [1.29, 1.82) is 0 Å². The van der Waals surface area contributed by atoms with Crippen molar-refractivity contribution in [2.45, 2.75) is 39.0 Å². The van der Waals surface area contributed by atoms with E-state index in [1.54, 1.807) is 31.2 Å². The van der Waals surface area contributed by atoms with Gasteiger partial charge in [-0.1, -0.05) is 37.6 Å². The molecule has 0 saturated heterocycles. The smallest absolute Gasteiger partial charge is 0.338 e.